The van der Waals surface area contributed by atoms with E-state index in [0.717, 1.165) is 0 Å². The maximum Gasteiger partial charge on any atom is 0.344 e. The lowest BCUT2D eigenvalue weighted by atomic mass is 10.1. The molecule has 0 saturated carbocycles. The third-order valence-corrected chi connectivity index (χ3v) is 3.28. The first-order valence-corrected chi connectivity index (χ1v) is 6.42. The second kappa shape index (κ2) is 5.36. The van der Waals surface area contributed by atoms with Crippen molar-refractivity contribution in [2.75, 3.05) is 6.79 Å². The number of fused-ring (bicyclic) bond motifs is 1. The van der Waals surface area contributed by atoms with E-state index >= 15 is 0 Å². The molecule has 0 spiro atoms. The normalized spacial score (nSPS) is 12.0. The number of hydrogen-bond acceptors (Lipinski definition) is 6. The van der Waals surface area contributed by atoms with Gasteiger partial charge in [0.2, 0.25) is 6.79 Å². The van der Waals surface area contributed by atoms with E-state index in [1.54, 1.807) is 12.1 Å². The SMILES string of the molecule is Cc1c(C(=O)Oc2ccc3c(c2)OCO3)cccc1[N+](=O)[O-]. The van der Waals surface area contributed by atoms with Crippen LogP contribution in [0.5, 0.6) is 17.2 Å². The Hall–Kier alpha value is -3.09. The van der Waals surface area contributed by atoms with E-state index in [1.165, 1.54) is 31.2 Å². The van der Waals surface area contributed by atoms with Crippen LogP contribution in [0.2, 0.25) is 0 Å². The fourth-order valence-corrected chi connectivity index (χ4v) is 2.14. The summed E-state index contributed by atoms with van der Waals surface area (Å²) in [6.07, 6.45) is 0. The summed E-state index contributed by atoms with van der Waals surface area (Å²) in [5.74, 6) is 0.674. The van der Waals surface area contributed by atoms with Crippen molar-refractivity contribution in [3.8, 4) is 17.2 Å². The summed E-state index contributed by atoms with van der Waals surface area (Å²) >= 11 is 0. The molecule has 22 heavy (non-hydrogen) atoms. The predicted octanol–water partition coefficient (Wildman–Crippen LogP) is 2.85. The van der Waals surface area contributed by atoms with Crippen LogP contribution in [0.3, 0.4) is 0 Å². The van der Waals surface area contributed by atoms with E-state index in [4.69, 9.17) is 14.2 Å². The second-order valence-corrected chi connectivity index (χ2v) is 4.61. The highest BCUT2D eigenvalue weighted by atomic mass is 16.7. The first kappa shape index (κ1) is 13.9. The number of benzene rings is 2. The largest absolute Gasteiger partial charge is 0.454 e. The maximum atomic E-state index is 12.2. The molecule has 0 saturated heterocycles. The van der Waals surface area contributed by atoms with Crippen molar-refractivity contribution in [3.05, 3.63) is 57.6 Å². The van der Waals surface area contributed by atoms with Crippen LogP contribution in [0.4, 0.5) is 5.69 Å². The highest BCUT2D eigenvalue weighted by Gasteiger charge is 2.20. The Morgan fingerprint density at radius 3 is 2.77 bits per heavy atom. The van der Waals surface area contributed by atoms with Crippen molar-refractivity contribution in [1.82, 2.24) is 0 Å². The Kier molecular flexibility index (Phi) is 3.38. The lowest BCUT2D eigenvalue weighted by Crippen LogP contribution is -2.11. The van der Waals surface area contributed by atoms with Crippen LogP contribution in [0.25, 0.3) is 0 Å². The van der Waals surface area contributed by atoms with E-state index < -0.39 is 10.9 Å². The number of nitro groups is 1. The summed E-state index contributed by atoms with van der Waals surface area (Å²) in [4.78, 5) is 22.6. The number of hydrogen-bond donors (Lipinski definition) is 0. The molecular formula is C15H11NO6. The maximum absolute atomic E-state index is 12.2. The van der Waals surface area contributed by atoms with Crippen LogP contribution in [0.1, 0.15) is 15.9 Å². The van der Waals surface area contributed by atoms with E-state index in [1.807, 2.05) is 0 Å². The molecule has 2 aromatic rings. The number of carbonyl (C=O) groups is 1. The standard InChI is InChI=1S/C15H11NO6/c1-9-11(3-2-4-12(9)16(18)19)15(17)22-10-5-6-13-14(7-10)21-8-20-13/h2-7H,8H2,1H3. The van der Waals surface area contributed by atoms with Gasteiger partial charge in [0.15, 0.2) is 11.5 Å². The Labute approximate surface area is 125 Å². The first-order valence-electron chi connectivity index (χ1n) is 6.42. The summed E-state index contributed by atoms with van der Waals surface area (Å²) in [6.45, 7) is 1.63. The Bertz CT molecular complexity index is 771. The minimum atomic E-state index is -0.667. The zero-order valence-electron chi connectivity index (χ0n) is 11.6. The van der Waals surface area contributed by atoms with Crippen molar-refractivity contribution in [3.63, 3.8) is 0 Å². The van der Waals surface area contributed by atoms with Crippen LogP contribution >= 0.6 is 0 Å². The zero-order valence-corrected chi connectivity index (χ0v) is 11.6. The van der Waals surface area contributed by atoms with Gasteiger partial charge in [0.05, 0.1) is 10.5 Å². The minimum Gasteiger partial charge on any atom is -0.454 e. The molecule has 0 unspecified atom stereocenters. The molecular weight excluding hydrogens is 290 g/mol. The smallest absolute Gasteiger partial charge is 0.344 e. The van der Waals surface area contributed by atoms with Gasteiger partial charge in [0, 0.05) is 17.7 Å². The molecule has 1 heterocycles. The molecule has 0 bridgehead atoms. The van der Waals surface area contributed by atoms with Crippen molar-refractivity contribution >= 4 is 11.7 Å². The molecule has 112 valence electrons. The average Bonchev–Trinajstić information content (AvgIpc) is 2.94. The summed E-state index contributed by atoms with van der Waals surface area (Å²) < 4.78 is 15.6. The van der Waals surface area contributed by atoms with Crippen molar-refractivity contribution in [2.24, 2.45) is 0 Å². The van der Waals surface area contributed by atoms with Gasteiger partial charge in [0.1, 0.15) is 5.75 Å². The third-order valence-electron chi connectivity index (χ3n) is 3.28. The summed E-state index contributed by atoms with van der Waals surface area (Å²) in [5.41, 5.74) is 0.283. The van der Waals surface area contributed by atoms with Gasteiger partial charge in [-0.2, -0.15) is 0 Å². The predicted molar refractivity (Wildman–Crippen MR) is 75.4 cm³/mol. The second-order valence-electron chi connectivity index (χ2n) is 4.61. The van der Waals surface area contributed by atoms with Gasteiger partial charge in [-0.3, -0.25) is 10.1 Å². The van der Waals surface area contributed by atoms with Crippen molar-refractivity contribution in [1.29, 1.82) is 0 Å². The van der Waals surface area contributed by atoms with Gasteiger partial charge in [-0.15, -0.1) is 0 Å². The molecule has 1 aliphatic heterocycles. The first-order chi connectivity index (χ1) is 10.6. The molecule has 7 nitrogen and oxygen atoms in total. The number of carbonyl (C=O) groups excluding carboxylic acids is 1. The van der Waals surface area contributed by atoms with E-state index in [9.17, 15) is 14.9 Å². The number of rotatable bonds is 3. The average molecular weight is 301 g/mol. The summed E-state index contributed by atoms with van der Waals surface area (Å²) in [6, 6.07) is 9.00. The van der Waals surface area contributed by atoms with Gasteiger partial charge < -0.3 is 14.2 Å². The van der Waals surface area contributed by atoms with Crippen molar-refractivity contribution in [2.45, 2.75) is 6.92 Å². The van der Waals surface area contributed by atoms with Gasteiger partial charge >= 0.3 is 5.97 Å². The van der Waals surface area contributed by atoms with E-state index in [2.05, 4.69) is 0 Å². The van der Waals surface area contributed by atoms with E-state index in [0.29, 0.717) is 11.5 Å². The number of ether oxygens (including phenoxy) is 3. The molecule has 1 aliphatic rings. The minimum absolute atomic E-state index is 0.122. The monoisotopic (exact) mass is 301 g/mol. The van der Waals surface area contributed by atoms with Gasteiger partial charge in [0.25, 0.3) is 5.69 Å². The topological polar surface area (TPSA) is 87.9 Å². The van der Waals surface area contributed by atoms with Crippen LogP contribution in [-0.2, 0) is 0 Å². The van der Waals surface area contributed by atoms with E-state index in [-0.39, 0.29) is 29.4 Å². The summed E-state index contributed by atoms with van der Waals surface area (Å²) in [7, 11) is 0. The molecule has 0 radical (unpaired) electrons. The van der Waals surface area contributed by atoms with Gasteiger partial charge in [-0.1, -0.05) is 6.07 Å². The molecule has 7 heteroatoms. The van der Waals surface area contributed by atoms with Gasteiger partial charge in [-0.25, -0.2) is 4.79 Å². The lowest BCUT2D eigenvalue weighted by molar-refractivity contribution is -0.385. The quantitative estimate of drug-likeness (QED) is 0.375. The molecule has 2 aromatic carbocycles. The number of nitrogens with zero attached hydrogens (tertiary/aromatic N) is 1. The van der Waals surface area contributed by atoms with Crippen LogP contribution in [0.15, 0.2) is 36.4 Å². The molecule has 3 rings (SSSR count). The van der Waals surface area contributed by atoms with Crippen LogP contribution in [0, 0.1) is 17.0 Å². The number of esters is 1. The molecule has 0 fully saturated rings. The molecule has 0 aliphatic carbocycles. The number of nitro benzene ring substituents is 1. The molecule has 0 aromatic heterocycles. The van der Waals surface area contributed by atoms with Gasteiger partial charge in [-0.05, 0) is 25.1 Å². The third kappa shape index (κ3) is 2.44. The Morgan fingerprint density at radius 1 is 1.23 bits per heavy atom. The Balaban J connectivity index is 1.86. The highest BCUT2D eigenvalue weighted by molar-refractivity contribution is 5.93. The lowest BCUT2D eigenvalue weighted by Gasteiger charge is -2.07. The fraction of sp³-hybridized carbons (Fsp3) is 0.133. The molecule has 0 N–H and O–H groups in total. The summed E-state index contributed by atoms with van der Waals surface area (Å²) in [5, 5.41) is 10.9. The Morgan fingerprint density at radius 2 is 2.00 bits per heavy atom. The van der Waals surface area contributed by atoms with Crippen LogP contribution in [-0.4, -0.2) is 17.7 Å². The molecule has 0 atom stereocenters. The highest BCUT2D eigenvalue weighted by Crippen LogP contribution is 2.35. The van der Waals surface area contributed by atoms with Crippen molar-refractivity contribution < 1.29 is 23.9 Å². The van der Waals surface area contributed by atoms with Crippen LogP contribution < -0.4 is 14.2 Å². The fourth-order valence-electron chi connectivity index (χ4n) is 2.14. The molecule has 0 amide bonds. The zero-order chi connectivity index (χ0) is 15.7.